The van der Waals surface area contributed by atoms with Gasteiger partial charge in [-0.25, -0.2) is 18.1 Å². The lowest BCUT2D eigenvalue weighted by Crippen LogP contribution is -2.30. The van der Waals surface area contributed by atoms with Gasteiger partial charge in [-0.1, -0.05) is 90.4 Å². The highest BCUT2D eigenvalue weighted by atomic mass is 32.2. The smallest absolute Gasteiger partial charge is 0.381 e. The van der Waals surface area contributed by atoms with E-state index in [-0.39, 0.29) is 19.0 Å². The number of phosphoric acid groups is 1. The van der Waals surface area contributed by atoms with Crippen LogP contribution in [0.1, 0.15) is 109 Å². The van der Waals surface area contributed by atoms with Crippen molar-refractivity contribution in [3.05, 3.63) is 22.5 Å². The van der Waals surface area contributed by atoms with Gasteiger partial charge < -0.3 is 29.7 Å². The summed E-state index contributed by atoms with van der Waals surface area (Å²) >= 11 is 1.22. The minimum Gasteiger partial charge on any atom is -0.381 e. The quantitative estimate of drug-likeness (QED) is 0.0648. The van der Waals surface area contributed by atoms with Gasteiger partial charge in [0.1, 0.15) is 18.0 Å². The van der Waals surface area contributed by atoms with E-state index in [1.54, 1.807) is 0 Å². The molecule has 1 aromatic heterocycles. The first-order valence-corrected chi connectivity index (χ1v) is 20.3. The van der Waals surface area contributed by atoms with E-state index >= 15 is 0 Å². The van der Waals surface area contributed by atoms with Gasteiger partial charge in [0.2, 0.25) is 0 Å². The molecule has 1 fully saturated rings. The summed E-state index contributed by atoms with van der Waals surface area (Å²) in [5, 5.41) is 0. The number of hydrogen-bond donors (Lipinski definition) is 3. The van der Waals surface area contributed by atoms with Crippen molar-refractivity contribution in [2.24, 2.45) is 0 Å². The van der Waals surface area contributed by atoms with E-state index < -0.39 is 50.8 Å². The van der Waals surface area contributed by atoms with Crippen LogP contribution < -0.4 is 11.4 Å². The number of halogens is 1. The summed E-state index contributed by atoms with van der Waals surface area (Å²) in [4.78, 5) is 35.0. The van der Waals surface area contributed by atoms with Crippen LogP contribution >= 0.6 is 27.2 Å². The summed E-state index contributed by atoms with van der Waals surface area (Å²) in [6.07, 6.45) is 17.4. The number of hydrogen-bond acceptors (Lipinski definition) is 11. The van der Waals surface area contributed by atoms with Crippen LogP contribution in [-0.2, 0) is 32.2 Å². The van der Waals surface area contributed by atoms with Gasteiger partial charge >= 0.3 is 21.1 Å². The molecule has 2 heterocycles. The fourth-order valence-corrected chi connectivity index (χ4v) is 8.04. The molecule has 4 atom stereocenters. The highest BCUT2D eigenvalue weighted by Crippen LogP contribution is 2.59. The van der Waals surface area contributed by atoms with Crippen LogP contribution in [0.3, 0.4) is 0 Å². The van der Waals surface area contributed by atoms with Gasteiger partial charge in [0, 0.05) is 19.0 Å². The van der Waals surface area contributed by atoms with Crippen LogP contribution in [0.5, 0.6) is 0 Å². The number of unbranched alkanes of at least 4 members (excludes halogenated alkanes) is 13. The summed E-state index contributed by atoms with van der Waals surface area (Å²) in [5.74, 6) is -1.13. The minimum absolute atomic E-state index is 0.193. The van der Waals surface area contributed by atoms with Crippen LogP contribution in [-0.4, -0.2) is 63.3 Å². The monoisotopic (exact) mass is 703 g/mol. The van der Waals surface area contributed by atoms with E-state index in [0.29, 0.717) is 19.6 Å². The summed E-state index contributed by atoms with van der Waals surface area (Å²) in [5.41, 5.74) is 3.83. The molecule has 2 rings (SSSR count). The third-order valence-electron chi connectivity index (χ3n) is 7.05. The summed E-state index contributed by atoms with van der Waals surface area (Å²) in [6.45, 7) is 2.77. The maximum Gasteiger partial charge on any atom is 0.479 e. The standard InChI is InChI=1S/C28H52FN3O10P2S/c1-2-3-4-5-6-7-8-9-10-11-12-13-14-15-17-38-18-16-19-40-44(36,37)42-43(34,35)23-39-21-26-41-25(22-45-26)32-20-24(29)27(30)31-28(32)33/h20,25-26H,2-19,21-23H2,1H3,(H,34,35)(H,36,37)(H2,30,31,33)/t25-,26+/m1/s1. The molecule has 0 spiro atoms. The normalized spacial score (nSPS) is 19.5. The first-order valence-electron chi connectivity index (χ1n) is 16.0. The zero-order chi connectivity index (χ0) is 33.0. The molecular formula is C28H52FN3O10P2S. The molecule has 1 saturated heterocycles. The van der Waals surface area contributed by atoms with Gasteiger partial charge in [0.15, 0.2) is 11.6 Å². The van der Waals surface area contributed by atoms with Crippen molar-refractivity contribution in [3.63, 3.8) is 0 Å². The zero-order valence-electron chi connectivity index (χ0n) is 26.4. The van der Waals surface area contributed by atoms with Crippen LogP contribution in [0.2, 0.25) is 0 Å². The Morgan fingerprint density at radius 1 is 0.956 bits per heavy atom. The number of rotatable bonds is 27. The van der Waals surface area contributed by atoms with E-state index in [2.05, 4.69) is 16.2 Å². The Hall–Kier alpha value is -0.860. The van der Waals surface area contributed by atoms with Crippen molar-refractivity contribution in [2.75, 3.05) is 44.3 Å². The van der Waals surface area contributed by atoms with Gasteiger partial charge in [-0.05, 0) is 12.8 Å². The molecule has 1 aliphatic heterocycles. The molecule has 13 nitrogen and oxygen atoms in total. The third-order valence-corrected chi connectivity index (χ3v) is 11.0. The van der Waals surface area contributed by atoms with Gasteiger partial charge in [0.05, 0.1) is 19.4 Å². The van der Waals surface area contributed by atoms with E-state index in [9.17, 15) is 28.1 Å². The third kappa shape index (κ3) is 18.3. The second-order valence-electron chi connectivity index (χ2n) is 11.1. The molecule has 2 unspecified atom stereocenters. The lowest BCUT2D eigenvalue weighted by Gasteiger charge is -2.18. The molecule has 45 heavy (non-hydrogen) atoms. The zero-order valence-corrected chi connectivity index (χ0v) is 29.0. The van der Waals surface area contributed by atoms with Crippen molar-refractivity contribution in [1.82, 2.24) is 9.55 Å². The van der Waals surface area contributed by atoms with Crippen molar-refractivity contribution in [3.8, 4) is 0 Å². The first-order chi connectivity index (χ1) is 21.5. The molecule has 1 aromatic rings. The number of nitrogens with zero attached hydrogens (tertiary/aromatic N) is 2. The Morgan fingerprint density at radius 2 is 1.53 bits per heavy atom. The number of thioether (sulfide) groups is 1. The average Bonchev–Trinajstić information content (AvgIpc) is 3.44. The van der Waals surface area contributed by atoms with Crippen molar-refractivity contribution < 1.29 is 46.4 Å². The lowest BCUT2D eigenvalue weighted by molar-refractivity contribution is -0.0199. The second-order valence-corrected chi connectivity index (χ2v) is 15.7. The highest BCUT2D eigenvalue weighted by molar-refractivity contribution is 8.00. The molecule has 0 saturated carbocycles. The van der Waals surface area contributed by atoms with Crippen molar-refractivity contribution in [1.29, 1.82) is 0 Å². The summed E-state index contributed by atoms with van der Waals surface area (Å²) in [6, 6.07) is 0. The van der Waals surface area contributed by atoms with E-state index in [1.165, 1.54) is 88.8 Å². The van der Waals surface area contributed by atoms with E-state index in [0.717, 1.165) is 23.6 Å². The van der Waals surface area contributed by atoms with Gasteiger partial charge in [-0.15, -0.1) is 11.8 Å². The summed E-state index contributed by atoms with van der Waals surface area (Å²) in [7, 11) is -9.46. The second kappa shape index (κ2) is 22.7. The highest BCUT2D eigenvalue weighted by Gasteiger charge is 2.35. The fraction of sp³-hybridized carbons (Fsp3) is 0.857. The SMILES string of the molecule is CCCCCCCCCCCCCCCCOCCCOP(=O)(O)OP(=O)(O)COC[C@H]1O[C@@H](n2cc(F)c(N)nc2=O)CS1. The predicted octanol–water partition coefficient (Wildman–Crippen LogP) is 6.73. The summed E-state index contributed by atoms with van der Waals surface area (Å²) < 4.78 is 64.4. The van der Waals surface area contributed by atoms with Crippen LogP contribution in [0.25, 0.3) is 0 Å². The van der Waals surface area contributed by atoms with Crippen LogP contribution in [0, 0.1) is 5.82 Å². The maximum atomic E-state index is 13.7. The maximum absolute atomic E-state index is 13.7. The van der Waals surface area contributed by atoms with Crippen LogP contribution in [0.4, 0.5) is 10.2 Å². The lowest BCUT2D eigenvalue weighted by atomic mass is 10.0. The molecular weight excluding hydrogens is 651 g/mol. The largest absolute Gasteiger partial charge is 0.479 e. The molecule has 0 amide bonds. The molecule has 0 radical (unpaired) electrons. The first kappa shape index (κ1) is 40.3. The molecule has 0 bridgehead atoms. The average molecular weight is 704 g/mol. The number of nitrogen functional groups attached to an aromatic ring is 1. The number of ether oxygens (including phenoxy) is 3. The molecule has 1 aliphatic rings. The Morgan fingerprint density at radius 3 is 2.16 bits per heavy atom. The Balaban J connectivity index is 1.44. The topological polar surface area (TPSA) is 182 Å². The fourth-order valence-electron chi connectivity index (χ4n) is 4.65. The molecule has 0 aromatic carbocycles. The Kier molecular flexibility index (Phi) is 20.3. The van der Waals surface area contributed by atoms with E-state index in [4.69, 9.17) is 24.5 Å². The molecule has 0 aliphatic carbocycles. The number of anilines is 1. The Bertz CT molecular complexity index is 1120. The minimum atomic E-state index is -4.81. The number of phosphoric ester groups is 1. The van der Waals surface area contributed by atoms with Gasteiger partial charge in [-0.2, -0.15) is 4.98 Å². The van der Waals surface area contributed by atoms with Gasteiger partial charge in [-0.3, -0.25) is 13.7 Å². The van der Waals surface area contributed by atoms with Crippen molar-refractivity contribution >= 4 is 33.0 Å². The number of aromatic nitrogens is 2. The predicted molar refractivity (Wildman–Crippen MR) is 172 cm³/mol. The molecule has 262 valence electrons. The van der Waals surface area contributed by atoms with Crippen molar-refractivity contribution in [2.45, 2.75) is 115 Å². The number of nitrogens with two attached hydrogens (primary N) is 1. The molecule has 4 N–H and O–H groups in total. The van der Waals surface area contributed by atoms with E-state index in [1.807, 2.05) is 0 Å². The van der Waals surface area contributed by atoms with Gasteiger partial charge in [0.25, 0.3) is 0 Å². The van der Waals surface area contributed by atoms with Crippen LogP contribution in [0.15, 0.2) is 11.0 Å². The Labute approximate surface area is 270 Å². The molecule has 17 heteroatoms.